The number of piperazine rings is 1. The number of carbonyl (C=O) groups excluding carboxylic acids is 9. The maximum atomic E-state index is 14.0. The van der Waals surface area contributed by atoms with E-state index in [2.05, 4.69) is 59.1 Å². The minimum Gasteiger partial charge on any atom is -0.481 e. The van der Waals surface area contributed by atoms with Gasteiger partial charge in [0, 0.05) is 68.7 Å². The first-order valence-corrected chi connectivity index (χ1v) is 34.7. The standard InChI is InChI=1S/C62H95N17O32S/c1-24(67-53(102)25-3-5-26(6-4-25)65-16-27-17-66-52-43(68-27)60(109)77-62(63)76-52)2-7-35(88)72-40(49(99)45(95)32(85)20-81)57(106)69-28(14-37(90)91)54(103)74-39(48(98)44(94)31(84)19-80)56(105)64-8-9-78-10-12-79(13-11-78)18-36(89)73-41(50(100)46(96)33(86)21-82)58(107)70-29(15-38(92)93)55(104)75-42(51(101)47(97)34(87)22-83)59(108)71-30(23-112)61(110)111/h3-6,17,24,28-34,39-42,44-51,65,80-87,94-101,112H,2,7-16,18-23H2,1H3,(H,64,105)(H,67,102)(H,69,106)(H,70,107)(H,71,108)(H,72,88)(H,73,89)(H,74,103)(H,75,104)(H,90,91)(H,92,93)(H,110,111)(H3,63,66,76,77,109)/t24-,28+,29+,30-,31-,32-,33-,34-,39+,40+,41+,42+,44-,45-,46-,47-,48-,49-,50-,51-/m1/s1. The molecule has 1 fully saturated rings. The molecular weight excluding hydrogens is 1530 g/mol. The largest absolute Gasteiger partial charge is 0.481 e. The molecule has 0 radical (unpaired) electrons. The minimum atomic E-state index is -2.62. The molecule has 1 aromatic carbocycles. The molecular formula is C62H95N17O32S. The number of nitrogens with two attached hydrogens (primary N) is 1. The normalized spacial score (nSPS) is 18.1. The number of benzene rings is 1. The molecule has 112 heavy (non-hydrogen) atoms. The van der Waals surface area contributed by atoms with Gasteiger partial charge >= 0.3 is 17.9 Å². The van der Waals surface area contributed by atoms with E-state index in [0.717, 1.165) is 0 Å². The Bertz CT molecular complexity index is 3740. The van der Waals surface area contributed by atoms with E-state index in [1.165, 1.54) is 30.2 Å². The third kappa shape index (κ3) is 28.8. The van der Waals surface area contributed by atoms with Crippen LogP contribution in [0.3, 0.4) is 0 Å². The van der Waals surface area contributed by atoms with Crippen LogP contribution in [0.2, 0.25) is 0 Å². The number of aromatic nitrogens is 4. The zero-order chi connectivity index (χ0) is 84.1. The fourth-order valence-electron chi connectivity index (χ4n) is 10.6. The Labute approximate surface area is 638 Å². The summed E-state index contributed by atoms with van der Waals surface area (Å²) in [6, 6.07) is -11.2. The number of thiol groups is 1. The number of carbonyl (C=O) groups is 12. The number of rotatable bonds is 48. The van der Waals surface area contributed by atoms with E-state index < -0.39 is 263 Å². The van der Waals surface area contributed by atoms with Crippen molar-refractivity contribution in [2.24, 2.45) is 0 Å². The number of fused-ring (bicyclic) bond motifs is 1. The molecule has 1 aliphatic heterocycles. The van der Waals surface area contributed by atoms with Crippen molar-refractivity contribution in [3.63, 3.8) is 0 Å². The summed E-state index contributed by atoms with van der Waals surface area (Å²) >= 11 is 3.78. The van der Waals surface area contributed by atoms with Crippen molar-refractivity contribution < 1.29 is 155 Å². The van der Waals surface area contributed by atoms with E-state index >= 15 is 0 Å². The maximum Gasteiger partial charge on any atom is 0.327 e. The molecule has 20 atom stereocenters. The van der Waals surface area contributed by atoms with Crippen molar-refractivity contribution in [3.8, 4) is 0 Å². The smallest absolute Gasteiger partial charge is 0.327 e. The summed E-state index contributed by atoms with van der Waals surface area (Å²) in [5.74, 6) is -18.7. The second-order valence-electron chi connectivity index (χ2n) is 25.6. The summed E-state index contributed by atoms with van der Waals surface area (Å²) < 4.78 is 0. The predicted octanol–water partition coefficient (Wildman–Crippen LogP) is -16.8. The number of hydrogen-bond donors (Lipinski definition) is 32. The average Bonchev–Trinajstić information content (AvgIpc) is 0.816. The van der Waals surface area contributed by atoms with Crippen LogP contribution < -0.4 is 64.5 Å². The zero-order valence-electron chi connectivity index (χ0n) is 59.5. The van der Waals surface area contributed by atoms with Crippen LogP contribution in [0, 0.1) is 0 Å². The van der Waals surface area contributed by atoms with Gasteiger partial charge in [-0.25, -0.2) is 14.8 Å². The number of hydrogen-bond acceptors (Lipinski definition) is 37. The molecule has 50 heteroatoms. The Morgan fingerprint density at radius 2 is 0.946 bits per heavy atom. The van der Waals surface area contributed by atoms with Crippen LogP contribution in [0.15, 0.2) is 35.3 Å². The quantitative estimate of drug-likeness (QED) is 0.0233. The topological polar surface area (TPSA) is 814 Å². The van der Waals surface area contributed by atoms with Gasteiger partial charge in [0.15, 0.2) is 11.2 Å². The van der Waals surface area contributed by atoms with Crippen molar-refractivity contribution >= 4 is 107 Å². The van der Waals surface area contributed by atoms with Crippen LogP contribution >= 0.6 is 12.6 Å². The van der Waals surface area contributed by atoms with Crippen LogP contribution in [0.4, 0.5) is 11.6 Å². The van der Waals surface area contributed by atoms with Gasteiger partial charge in [-0.1, -0.05) is 0 Å². The molecule has 0 aliphatic carbocycles. The van der Waals surface area contributed by atoms with Gasteiger partial charge in [-0.15, -0.1) is 0 Å². The molecule has 4 rings (SSSR count). The number of carboxylic acid groups (broad SMARTS) is 3. The lowest BCUT2D eigenvalue weighted by Crippen LogP contribution is -2.65. The summed E-state index contributed by atoms with van der Waals surface area (Å²) in [7, 11) is 0. The van der Waals surface area contributed by atoms with Crippen molar-refractivity contribution in [3.05, 3.63) is 52.1 Å². The van der Waals surface area contributed by atoms with Gasteiger partial charge in [0.05, 0.1) is 64.2 Å². The molecule has 0 spiro atoms. The Kier molecular flexibility index (Phi) is 38.7. The lowest BCUT2D eigenvalue weighted by atomic mass is 9.98. The predicted molar refractivity (Wildman–Crippen MR) is 378 cm³/mol. The molecule has 1 aliphatic rings. The van der Waals surface area contributed by atoms with Crippen LogP contribution in [0.1, 0.15) is 48.7 Å². The van der Waals surface area contributed by atoms with Crippen molar-refractivity contribution in [1.29, 1.82) is 0 Å². The van der Waals surface area contributed by atoms with E-state index in [9.17, 15) is 159 Å². The van der Waals surface area contributed by atoms with Gasteiger partial charge in [-0.3, -0.25) is 72.3 Å². The highest BCUT2D eigenvalue weighted by Crippen LogP contribution is 2.17. The number of nitrogens with zero attached hydrogens (tertiary/aromatic N) is 5. The number of amides is 9. The first-order valence-electron chi connectivity index (χ1n) is 34.1. The molecule has 49 nitrogen and oxygen atoms in total. The molecule has 32 N–H and O–H groups in total. The highest BCUT2D eigenvalue weighted by atomic mass is 32.1. The van der Waals surface area contributed by atoms with E-state index in [-0.39, 0.29) is 68.4 Å². The Hall–Kier alpha value is -9.69. The van der Waals surface area contributed by atoms with E-state index in [1.54, 1.807) is 22.3 Å². The molecule has 3 heterocycles. The van der Waals surface area contributed by atoms with Crippen LogP contribution in [0.5, 0.6) is 0 Å². The number of nitrogens with one attached hydrogen (secondary N) is 11. The molecule has 0 bridgehead atoms. The summed E-state index contributed by atoms with van der Waals surface area (Å²) in [5, 5.41) is 216. The van der Waals surface area contributed by atoms with Gasteiger partial charge in [-0.2, -0.15) is 17.6 Å². The lowest BCUT2D eigenvalue weighted by molar-refractivity contribution is -0.147. The molecule has 626 valence electrons. The Morgan fingerprint density at radius 3 is 1.38 bits per heavy atom. The van der Waals surface area contributed by atoms with E-state index in [1.807, 2.05) is 21.3 Å². The van der Waals surface area contributed by atoms with Gasteiger partial charge < -0.3 is 156 Å². The molecule has 2 aromatic heterocycles. The average molecular weight is 1620 g/mol. The monoisotopic (exact) mass is 1620 g/mol. The number of aliphatic hydroxyl groups excluding tert-OH is 16. The second kappa shape index (κ2) is 45.7. The van der Waals surface area contributed by atoms with Crippen LogP contribution in [-0.4, -0.2) is 397 Å². The minimum absolute atomic E-state index is 0.0345. The van der Waals surface area contributed by atoms with Crippen molar-refractivity contribution in [1.82, 2.24) is 77.6 Å². The number of H-pyrrole nitrogens is 1. The SMILES string of the molecule is C[C@H](CCC(=O)N[C@H](C(=O)N[C@@H](CC(=O)O)C(=O)N[C@H](C(=O)NCCN1CCN(CC(=O)N[C@H](C(=O)N[C@@H](CC(=O)O)C(=O)N[C@H](C(=O)N[C@H](CS)C(=O)O)[C@@H](O)[C@H](O)[C@H](O)CO)[C@@H](O)[C@H](O)[C@H](O)CO)CC1)[C@@H](O)[C@H](O)[C@H](O)CO)[C@@H](O)[C@H](O)[C@H](O)CO)NC(=O)c1ccc(NCc2cnc3nc(N)[nH]c(=O)c3n2)cc1. The number of aliphatic hydroxyl groups is 16. The van der Waals surface area contributed by atoms with Crippen molar-refractivity contribution in [2.75, 3.05) is 89.0 Å². The zero-order valence-corrected chi connectivity index (χ0v) is 60.4. The summed E-state index contributed by atoms with van der Waals surface area (Å²) in [5.41, 5.74) is 5.99. The molecule has 0 unspecified atom stereocenters. The van der Waals surface area contributed by atoms with Gasteiger partial charge in [0.25, 0.3) is 11.5 Å². The van der Waals surface area contributed by atoms with Crippen molar-refractivity contribution in [2.45, 2.75) is 161 Å². The number of anilines is 2. The fraction of sp³-hybridized carbons (Fsp3) is 0.613. The third-order valence-corrected chi connectivity index (χ3v) is 17.5. The Balaban J connectivity index is 1.43. The van der Waals surface area contributed by atoms with Gasteiger partial charge in [-0.05, 0) is 37.6 Å². The summed E-state index contributed by atoms with van der Waals surface area (Å²) in [6.45, 7) is -4.56. The molecule has 9 amide bonds. The maximum absolute atomic E-state index is 14.0. The summed E-state index contributed by atoms with van der Waals surface area (Å²) in [4.78, 5) is 189. The fourth-order valence-corrected chi connectivity index (χ4v) is 10.8. The Morgan fingerprint density at radius 1 is 0.527 bits per heavy atom. The second-order valence-corrected chi connectivity index (χ2v) is 26.0. The summed E-state index contributed by atoms with van der Waals surface area (Å²) in [6.07, 6.45) is -31.2. The number of nitrogen functional groups attached to an aromatic ring is 1. The number of carboxylic acids is 3. The molecule has 1 saturated heterocycles. The highest BCUT2D eigenvalue weighted by Gasteiger charge is 2.45. The highest BCUT2D eigenvalue weighted by molar-refractivity contribution is 7.80. The molecule has 0 saturated carbocycles. The van der Waals surface area contributed by atoms with Gasteiger partial charge in [0.1, 0.15) is 116 Å². The van der Waals surface area contributed by atoms with Gasteiger partial charge in [0.2, 0.25) is 53.2 Å². The van der Waals surface area contributed by atoms with Crippen LogP contribution in [-0.2, 0) is 59.3 Å². The first kappa shape index (κ1) is 94.7. The number of aromatic amines is 1. The van der Waals surface area contributed by atoms with Crippen LogP contribution in [0.25, 0.3) is 11.2 Å². The molecule has 3 aromatic rings. The lowest BCUT2D eigenvalue weighted by Gasteiger charge is -2.35. The number of aliphatic carboxylic acids is 3. The van der Waals surface area contributed by atoms with E-state index in [4.69, 9.17) is 5.73 Å². The first-order chi connectivity index (χ1) is 52.7. The van der Waals surface area contributed by atoms with E-state index in [0.29, 0.717) is 11.4 Å². The third-order valence-electron chi connectivity index (χ3n) is 17.1.